The molecule has 6 nitrogen and oxygen atoms in total. The van der Waals surface area contributed by atoms with E-state index in [9.17, 15) is 18.4 Å². The van der Waals surface area contributed by atoms with E-state index in [2.05, 4.69) is 5.32 Å². The topological polar surface area (TPSA) is 65.3 Å². The van der Waals surface area contributed by atoms with Gasteiger partial charge in [-0.25, -0.2) is 0 Å². The Kier molecular flexibility index (Phi) is 7.18. The third-order valence-electron chi connectivity index (χ3n) is 5.48. The zero-order chi connectivity index (χ0) is 25.4. The molecule has 0 saturated heterocycles. The van der Waals surface area contributed by atoms with Crippen LogP contribution >= 0.6 is 31.8 Å². The van der Waals surface area contributed by atoms with Crippen LogP contribution in [0.3, 0.4) is 0 Å². The molecule has 184 valence electrons. The summed E-state index contributed by atoms with van der Waals surface area (Å²) >= 11 is 3.86. The van der Waals surface area contributed by atoms with Gasteiger partial charge in [0.25, 0.3) is 0 Å². The van der Waals surface area contributed by atoms with Crippen molar-refractivity contribution >= 4 is 54.3 Å². The predicted octanol–water partition coefficient (Wildman–Crippen LogP) is 6.14. The number of anilines is 1. The Hall–Kier alpha value is -2.92. The van der Waals surface area contributed by atoms with E-state index in [0.717, 1.165) is 6.07 Å². The number of carbonyl (C=O) groups is 1. The molecule has 1 N–H and O–H groups in total. The zero-order valence-electron chi connectivity index (χ0n) is 19.5. The number of aryl methyl sites for hydroxylation is 2. The second kappa shape index (κ2) is 9.98. The number of pyridine rings is 1. The molecule has 2 aromatic heterocycles. The SMILES string of the molecule is CCc1cc2c(c(OI(C)C)c(C(=O)Nc3ccc(Cl)cc3F)n2C)c(=O)n1-c1ccc(F)cc1. The van der Waals surface area contributed by atoms with Gasteiger partial charge in [-0.05, 0) is 0 Å². The van der Waals surface area contributed by atoms with Crippen LogP contribution in [0.1, 0.15) is 23.1 Å². The van der Waals surface area contributed by atoms with Crippen molar-refractivity contribution in [1.29, 1.82) is 0 Å². The first-order valence-corrected chi connectivity index (χ1v) is 16.2. The number of carbonyl (C=O) groups excluding carboxylic acids is 1. The molecule has 2 heterocycles. The molecule has 2 aromatic carbocycles. The van der Waals surface area contributed by atoms with Crippen molar-refractivity contribution in [2.45, 2.75) is 13.3 Å². The number of benzene rings is 2. The molecule has 1 amide bonds. The molecule has 0 saturated carbocycles. The molecule has 0 aliphatic heterocycles. The van der Waals surface area contributed by atoms with Gasteiger partial charge in [0.15, 0.2) is 0 Å². The van der Waals surface area contributed by atoms with Crippen LogP contribution in [0.25, 0.3) is 16.6 Å². The summed E-state index contributed by atoms with van der Waals surface area (Å²) in [5.41, 5.74) is 1.38. The summed E-state index contributed by atoms with van der Waals surface area (Å²) in [6, 6.07) is 11.4. The molecule has 0 bridgehead atoms. The molecule has 0 atom stereocenters. The summed E-state index contributed by atoms with van der Waals surface area (Å²) in [5, 5.41) is 3.00. The second-order valence-electron chi connectivity index (χ2n) is 7.95. The van der Waals surface area contributed by atoms with Gasteiger partial charge >= 0.3 is 214 Å². The Morgan fingerprint density at radius 3 is 2.40 bits per heavy atom. The Morgan fingerprint density at radius 2 is 1.80 bits per heavy atom. The van der Waals surface area contributed by atoms with E-state index >= 15 is 0 Å². The van der Waals surface area contributed by atoms with Gasteiger partial charge in [-0.1, -0.05) is 0 Å². The summed E-state index contributed by atoms with van der Waals surface area (Å²) in [4.78, 5) is 31.0. The molecule has 0 unspecified atom stereocenters. The van der Waals surface area contributed by atoms with Crippen LogP contribution in [0.4, 0.5) is 14.5 Å². The summed E-state index contributed by atoms with van der Waals surface area (Å²) < 4.78 is 37.1. The van der Waals surface area contributed by atoms with Crippen LogP contribution in [-0.2, 0) is 13.5 Å². The number of hydrogen-bond donors (Lipinski definition) is 1. The maximum absolute atomic E-state index is 14.4. The molecule has 0 aliphatic rings. The van der Waals surface area contributed by atoms with Crippen LogP contribution in [0.5, 0.6) is 5.75 Å². The van der Waals surface area contributed by atoms with Crippen LogP contribution < -0.4 is 13.9 Å². The Bertz CT molecular complexity index is 1500. The summed E-state index contributed by atoms with van der Waals surface area (Å²) in [6.45, 7) is 1.90. The molecule has 0 radical (unpaired) electrons. The third kappa shape index (κ3) is 4.79. The fourth-order valence-electron chi connectivity index (χ4n) is 3.91. The van der Waals surface area contributed by atoms with Gasteiger partial charge in [0.05, 0.1) is 0 Å². The molecule has 0 fully saturated rings. The van der Waals surface area contributed by atoms with Crippen molar-refractivity contribution in [3.8, 4) is 11.4 Å². The first-order chi connectivity index (χ1) is 16.6. The molecule has 10 heteroatoms. The third-order valence-corrected chi connectivity index (χ3v) is 7.03. The second-order valence-corrected chi connectivity index (χ2v) is 12.7. The summed E-state index contributed by atoms with van der Waals surface area (Å²) in [7, 11) is 1.66. The number of amides is 1. The van der Waals surface area contributed by atoms with Gasteiger partial charge in [-0.15, -0.1) is 0 Å². The van der Waals surface area contributed by atoms with Gasteiger partial charge in [0.2, 0.25) is 0 Å². The van der Waals surface area contributed by atoms with E-state index in [1.807, 2.05) is 22.9 Å². The van der Waals surface area contributed by atoms with Gasteiger partial charge in [0.1, 0.15) is 0 Å². The van der Waals surface area contributed by atoms with Crippen molar-refractivity contribution in [3.05, 3.63) is 86.9 Å². The summed E-state index contributed by atoms with van der Waals surface area (Å²) in [6.07, 6.45) is 0.515. The molecular formula is C25H23ClF2IN3O3. The Morgan fingerprint density at radius 1 is 1.11 bits per heavy atom. The van der Waals surface area contributed by atoms with Gasteiger partial charge in [-0.3, -0.25) is 0 Å². The maximum atomic E-state index is 14.4. The Labute approximate surface area is 213 Å². The van der Waals surface area contributed by atoms with Gasteiger partial charge < -0.3 is 0 Å². The molecule has 35 heavy (non-hydrogen) atoms. The number of alkyl halides is 2. The van der Waals surface area contributed by atoms with E-state index in [0.29, 0.717) is 23.3 Å². The van der Waals surface area contributed by atoms with Crippen LogP contribution in [0.2, 0.25) is 5.02 Å². The normalized spacial score (nSPS) is 11.6. The number of aromatic nitrogens is 2. The number of halogens is 4. The van der Waals surface area contributed by atoms with Crippen LogP contribution in [-0.4, -0.2) is 24.9 Å². The van der Waals surface area contributed by atoms with Crippen molar-refractivity contribution in [3.63, 3.8) is 0 Å². The monoisotopic (exact) mass is 613 g/mol. The quantitative estimate of drug-likeness (QED) is 0.210. The van der Waals surface area contributed by atoms with E-state index in [1.54, 1.807) is 11.6 Å². The van der Waals surface area contributed by atoms with E-state index < -0.39 is 37.8 Å². The number of rotatable bonds is 6. The zero-order valence-corrected chi connectivity index (χ0v) is 22.4. The molecule has 0 spiro atoms. The van der Waals surface area contributed by atoms with E-state index in [4.69, 9.17) is 14.7 Å². The van der Waals surface area contributed by atoms with Crippen LogP contribution in [0, 0.1) is 11.6 Å². The number of nitrogens with zero attached hydrogens (tertiary/aromatic N) is 2. The first-order valence-electron chi connectivity index (χ1n) is 10.6. The standard InChI is InChI=1S/C25H23ClF2IN3O3/c1-5-16-13-20-21(25(34)32(16)17-9-7-15(27)8-10-17)23(35-29(2)3)22(31(20)4)24(33)30-19-11-6-14(26)12-18(19)28/h6-13H,5H2,1-4H3,(H,30,33). The number of hydrogen-bond acceptors (Lipinski definition) is 3. The molecule has 4 rings (SSSR count). The molecule has 4 aromatic rings. The average Bonchev–Trinajstić information content (AvgIpc) is 3.07. The fraction of sp³-hybridized carbons (Fsp3) is 0.200. The molecule has 0 aliphatic carbocycles. The van der Waals surface area contributed by atoms with E-state index in [-0.39, 0.29) is 33.1 Å². The number of nitrogens with one attached hydrogen (secondary N) is 1. The predicted molar refractivity (Wildman–Crippen MR) is 144 cm³/mol. The average molecular weight is 614 g/mol. The van der Waals surface area contributed by atoms with Crippen molar-refractivity contribution in [2.75, 3.05) is 15.2 Å². The van der Waals surface area contributed by atoms with E-state index in [1.165, 1.54) is 41.0 Å². The summed E-state index contributed by atoms with van der Waals surface area (Å²) in [5.74, 6) is -1.56. The van der Waals surface area contributed by atoms with Gasteiger partial charge in [0, 0.05) is 0 Å². The minimum atomic E-state index is -1.96. The van der Waals surface area contributed by atoms with Crippen molar-refractivity contribution in [2.24, 2.45) is 7.05 Å². The van der Waals surface area contributed by atoms with Crippen molar-refractivity contribution < 1.29 is 16.6 Å². The Balaban J connectivity index is 1.97. The number of fused-ring (bicyclic) bond motifs is 1. The van der Waals surface area contributed by atoms with Crippen LogP contribution in [0.15, 0.2) is 53.3 Å². The van der Waals surface area contributed by atoms with Crippen molar-refractivity contribution in [1.82, 2.24) is 9.13 Å². The molecular weight excluding hydrogens is 591 g/mol. The first kappa shape index (κ1) is 25.2. The minimum absolute atomic E-state index is 0.0445. The fourth-order valence-corrected chi connectivity index (χ4v) is 5.37. The van der Waals surface area contributed by atoms with Gasteiger partial charge in [-0.2, -0.15) is 0 Å².